The minimum absolute atomic E-state index is 0.145. The number of H-pyrrole nitrogens is 1. The van der Waals surface area contributed by atoms with Crippen molar-refractivity contribution in [1.29, 1.82) is 0 Å². The topological polar surface area (TPSA) is 69.8 Å². The van der Waals surface area contributed by atoms with Crippen LogP contribution in [0.5, 0.6) is 0 Å². The van der Waals surface area contributed by atoms with Crippen LogP contribution in [-0.2, 0) is 6.42 Å². The molecular formula is C21H23IN4OS. The number of rotatable bonds is 4. The molecule has 1 aromatic heterocycles. The van der Waals surface area contributed by atoms with Gasteiger partial charge in [-0.25, -0.2) is 5.10 Å². The lowest BCUT2D eigenvalue weighted by atomic mass is 9.94. The largest absolute Gasteiger partial charge is 0.365 e. The Morgan fingerprint density at radius 1 is 1.14 bits per heavy atom. The second kappa shape index (κ2) is 10.6. The van der Waals surface area contributed by atoms with Gasteiger partial charge < -0.3 is 10.6 Å². The second-order valence-electron chi connectivity index (χ2n) is 6.74. The maximum atomic E-state index is 11.9. The van der Waals surface area contributed by atoms with Crippen LogP contribution in [0.1, 0.15) is 18.4 Å². The van der Waals surface area contributed by atoms with Crippen LogP contribution < -0.4 is 16.2 Å². The molecule has 3 N–H and O–H groups in total. The van der Waals surface area contributed by atoms with Gasteiger partial charge in [0.05, 0.1) is 5.39 Å². The van der Waals surface area contributed by atoms with Crippen LogP contribution in [-0.4, -0.2) is 32.2 Å². The van der Waals surface area contributed by atoms with Crippen LogP contribution in [0.15, 0.2) is 59.4 Å². The first-order chi connectivity index (χ1) is 13.7. The van der Waals surface area contributed by atoms with E-state index < -0.39 is 0 Å². The first kappa shape index (κ1) is 20.9. The first-order valence-corrected chi connectivity index (χ1v) is 11.0. The fourth-order valence-electron chi connectivity index (χ4n) is 3.61. The first-order valence-electron chi connectivity index (χ1n) is 9.26. The predicted octanol–water partition coefficient (Wildman–Crippen LogP) is 4.08. The maximum Gasteiger partial charge on any atom is 0.272 e. The molecule has 0 bridgehead atoms. The molecule has 0 aliphatic carbocycles. The van der Waals surface area contributed by atoms with E-state index in [1.165, 1.54) is 5.56 Å². The van der Waals surface area contributed by atoms with Gasteiger partial charge in [-0.2, -0.15) is 5.10 Å². The molecule has 5 nitrogen and oxygen atoms in total. The van der Waals surface area contributed by atoms with Gasteiger partial charge in [-0.3, -0.25) is 4.79 Å². The third kappa shape index (κ3) is 5.59. The molecule has 0 saturated carbocycles. The highest BCUT2D eigenvalue weighted by molar-refractivity contribution is 14.1. The van der Waals surface area contributed by atoms with E-state index in [0.29, 0.717) is 17.5 Å². The maximum absolute atomic E-state index is 11.9. The molecule has 146 valence electrons. The van der Waals surface area contributed by atoms with Gasteiger partial charge >= 0.3 is 0 Å². The zero-order valence-electron chi connectivity index (χ0n) is 15.4. The van der Waals surface area contributed by atoms with Gasteiger partial charge in [0.1, 0.15) is 0 Å². The molecule has 1 aliphatic rings. The summed E-state index contributed by atoms with van der Waals surface area (Å²) < 4.78 is 1.55. The Balaban J connectivity index is 0.000000706. The SMILES string of the molecule is O=c1[nH]nc(N[C@H]2CCN[C@@H](Cc3ccccc3)C2)c2ccccc12.S=CI. The van der Waals surface area contributed by atoms with Gasteiger partial charge in [-0.15, -0.1) is 0 Å². The number of piperidine rings is 1. The van der Waals surface area contributed by atoms with E-state index >= 15 is 0 Å². The summed E-state index contributed by atoms with van der Waals surface area (Å²) >= 11 is 6.23. The monoisotopic (exact) mass is 506 g/mol. The van der Waals surface area contributed by atoms with Crippen molar-refractivity contribution in [3.05, 3.63) is 70.5 Å². The van der Waals surface area contributed by atoms with Gasteiger partial charge in [0.2, 0.25) is 0 Å². The number of thiocarbonyl (C=S) groups is 1. The third-order valence-electron chi connectivity index (χ3n) is 4.86. The number of fused-ring (bicyclic) bond motifs is 1. The van der Waals surface area contributed by atoms with Crippen LogP contribution in [0.25, 0.3) is 10.8 Å². The normalized spacial score (nSPS) is 18.8. The molecule has 1 aliphatic heterocycles. The molecule has 2 heterocycles. The van der Waals surface area contributed by atoms with Crippen LogP contribution in [0, 0.1) is 0 Å². The summed E-state index contributed by atoms with van der Waals surface area (Å²) in [7, 11) is 0. The smallest absolute Gasteiger partial charge is 0.272 e. The number of halogens is 1. The Labute approximate surface area is 183 Å². The summed E-state index contributed by atoms with van der Waals surface area (Å²) in [5.41, 5.74) is 1.21. The number of hydrogen-bond acceptors (Lipinski definition) is 5. The van der Waals surface area contributed by atoms with E-state index in [1.54, 1.807) is 3.37 Å². The van der Waals surface area contributed by atoms with Crippen LogP contribution in [0.2, 0.25) is 0 Å². The minimum Gasteiger partial charge on any atom is -0.365 e. The highest BCUT2D eigenvalue weighted by Gasteiger charge is 2.22. The Hall–Kier alpha value is -1.84. The van der Waals surface area contributed by atoms with Crippen molar-refractivity contribution in [3.8, 4) is 0 Å². The van der Waals surface area contributed by atoms with Crippen molar-refractivity contribution >= 4 is 54.8 Å². The molecule has 3 aromatic rings. The average molecular weight is 506 g/mol. The lowest BCUT2D eigenvalue weighted by molar-refractivity contribution is 0.373. The second-order valence-corrected chi connectivity index (χ2v) is 8.45. The summed E-state index contributed by atoms with van der Waals surface area (Å²) in [6.07, 6.45) is 3.10. The van der Waals surface area contributed by atoms with Gasteiger partial charge in [-0.1, -0.05) is 60.7 Å². The van der Waals surface area contributed by atoms with Crippen molar-refractivity contribution < 1.29 is 0 Å². The highest BCUT2D eigenvalue weighted by atomic mass is 127. The molecule has 4 rings (SSSR count). The van der Waals surface area contributed by atoms with E-state index in [9.17, 15) is 4.79 Å². The van der Waals surface area contributed by atoms with Crippen LogP contribution >= 0.6 is 34.8 Å². The molecule has 2 atom stereocenters. The molecule has 28 heavy (non-hydrogen) atoms. The van der Waals surface area contributed by atoms with E-state index in [-0.39, 0.29) is 5.56 Å². The quantitative estimate of drug-likeness (QED) is 0.283. The summed E-state index contributed by atoms with van der Waals surface area (Å²) in [6, 6.07) is 19.0. The van der Waals surface area contributed by atoms with E-state index in [2.05, 4.69) is 63.4 Å². The molecule has 7 heteroatoms. The van der Waals surface area contributed by atoms with Crippen molar-refractivity contribution in [2.45, 2.75) is 31.3 Å². The molecule has 0 radical (unpaired) electrons. The van der Waals surface area contributed by atoms with Crippen molar-refractivity contribution in [3.63, 3.8) is 0 Å². The van der Waals surface area contributed by atoms with E-state index in [0.717, 1.165) is 37.0 Å². The summed E-state index contributed by atoms with van der Waals surface area (Å²) in [5.74, 6) is 0.764. The summed E-state index contributed by atoms with van der Waals surface area (Å²) in [4.78, 5) is 11.9. The average Bonchev–Trinajstić information content (AvgIpc) is 2.72. The zero-order chi connectivity index (χ0) is 19.8. The standard InChI is InChI=1S/C20H22N4O.CHIS/c25-20-18-9-5-4-8-17(18)19(23-24-20)22-15-10-11-21-16(13-15)12-14-6-2-1-3-7-14;2-1-3/h1-9,15-16,21H,10-13H2,(H,22,23)(H,24,25);1H/t15-,16-;/m0./s1. The van der Waals surface area contributed by atoms with Gasteiger partial charge in [0.25, 0.3) is 5.56 Å². The predicted molar refractivity (Wildman–Crippen MR) is 129 cm³/mol. The molecule has 0 amide bonds. The summed E-state index contributed by atoms with van der Waals surface area (Å²) in [5, 5.41) is 15.6. The molecule has 0 spiro atoms. The molecule has 2 aromatic carbocycles. The number of hydrogen-bond donors (Lipinski definition) is 3. The number of benzene rings is 2. The third-order valence-corrected chi connectivity index (χ3v) is 4.86. The minimum atomic E-state index is -0.145. The Morgan fingerprint density at radius 3 is 2.57 bits per heavy atom. The van der Waals surface area contributed by atoms with Crippen LogP contribution in [0.4, 0.5) is 5.82 Å². The van der Waals surface area contributed by atoms with Gasteiger partial charge in [0, 0.05) is 20.8 Å². The number of nitrogens with one attached hydrogen (secondary N) is 3. The molecular weight excluding hydrogens is 483 g/mol. The van der Waals surface area contributed by atoms with Gasteiger partial charge in [0.15, 0.2) is 5.82 Å². The highest BCUT2D eigenvalue weighted by Crippen LogP contribution is 2.21. The number of aromatic nitrogens is 2. The fourth-order valence-corrected chi connectivity index (χ4v) is 3.61. The number of nitrogens with zero attached hydrogens (tertiary/aromatic N) is 1. The molecule has 0 unspecified atom stereocenters. The van der Waals surface area contributed by atoms with Crippen molar-refractivity contribution in [2.75, 3.05) is 11.9 Å². The van der Waals surface area contributed by atoms with E-state index in [4.69, 9.17) is 0 Å². The molecule has 1 saturated heterocycles. The van der Waals surface area contributed by atoms with Crippen LogP contribution in [0.3, 0.4) is 0 Å². The Morgan fingerprint density at radius 2 is 1.82 bits per heavy atom. The van der Waals surface area contributed by atoms with E-state index in [1.807, 2.05) is 46.9 Å². The molecule has 1 fully saturated rings. The lowest BCUT2D eigenvalue weighted by Crippen LogP contribution is -2.44. The summed E-state index contributed by atoms with van der Waals surface area (Å²) in [6.45, 7) is 0.983. The fraction of sp³-hybridized carbons (Fsp3) is 0.286. The van der Waals surface area contributed by atoms with Crippen molar-refractivity contribution in [1.82, 2.24) is 15.5 Å². The Bertz CT molecular complexity index is 963. The Kier molecular flexibility index (Phi) is 7.93. The zero-order valence-corrected chi connectivity index (χ0v) is 18.4. The van der Waals surface area contributed by atoms with Gasteiger partial charge in [-0.05, 0) is 60.0 Å². The number of anilines is 1. The number of aromatic amines is 1. The van der Waals surface area contributed by atoms with Crippen molar-refractivity contribution in [2.24, 2.45) is 0 Å². The lowest BCUT2D eigenvalue weighted by Gasteiger charge is -2.31.